The van der Waals surface area contributed by atoms with Crippen LogP contribution in [0.15, 0.2) is 42.5 Å². The van der Waals surface area contributed by atoms with E-state index in [4.69, 9.17) is 11.5 Å². The van der Waals surface area contributed by atoms with Gasteiger partial charge in [0.25, 0.3) is 0 Å². The van der Waals surface area contributed by atoms with E-state index in [2.05, 4.69) is 43.0 Å². The Kier molecular flexibility index (Phi) is 3.42. The van der Waals surface area contributed by atoms with E-state index < -0.39 is 0 Å². The van der Waals surface area contributed by atoms with Gasteiger partial charge in [0.2, 0.25) is 0 Å². The maximum atomic E-state index is 5.87. The van der Waals surface area contributed by atoms with Gasteiger partial charge in [-0.2, -0.15) is 0 Å². The van der Waals surface area contributed by atoms with Crippen molar-refractivity contribution in [2.24, 2.45) is 0 Å². The highest BCUT2D eigenvalue weighted by molar-refractivity contribution is 5.73. The van der Waals surface area contributed by atoms with Crippen molar-refractivity contribution < 1.29 is 0 Å². The first-order valence-electron chi connectivity index (χ1n) is 6.11. The van der Waals surface area contributed by atoms with Crippen LogP contribution in [0.4, 0.5) is 22.7 Å². The molecule has 0 aromatic heterocycles. The normalized spacial score (nSPS) is 10.3. The van der Waals surface area contributed by atoms with Gasteiger partial charge in [0.15, 0.2) is 0 Å². The van der Waals surface area contributed by atoms with E-state index in [-0.39, 0.29) is 0 Å². The molecule has 2 aromatic carbocycles. The molecular weight excluding hydrogens is 222 g/mol. The quantitative estimate of drug-likeness (QED) is 0.810. The number of nitrogens with zero attached hydrogens (tertiary/aromatic N) is 1. The van der Waals surface area contributed by atoms with E-state index in [0.29, 0.717) is 11.4 Å². The fourth-order valence-electron chi connectivity index (χ4n) is 2.04. The molecule has 0 fully saturated rings. The zero-order valence-corrected chi connectivity index (χ0v) is 10.9. The molecule has 3 nitrogen and oxygen atoms in total. The number of aryl methyl sites for hydroxylation is 1. The van der Waals surface area contributed by atoms with Crippen molar-refractivity contribution in [1.29, 1.82) is 0 Å². The molecule has 0 saturated carbocycles. The molecular formula is C15H19N3. The Morgan fingerprint density at radius 1 is 0.944 bits per heavy atom. The molecule has 2 aromatic rings. The lowest BCUT2D eigenvalue weighted by Crippen LogP contribution is -2.16. The third-order valence-electron chi connectivity index (χ3n) is 3.01. The zero-order chi connectivity index (χ0) is 13.1. The predicted molar refractivity (Wildman–Crippen MR) is 79.1 cm³/mol. The molecule has 0 aliphatic carbocycles. The van der Waals surface area contributed by atoms with E-state index in [9.17, 15) is 0 Å². The number of nitrogen functional groups attached to an aromatic ring is 2. The molecule has 0 aliphatic rings. The predicted octanol–water partition coefficient (Wildman–Crippen LogP) is 3.32. The van der Waals surface area contributed by atoms with Crippen LogP contribution in [0.5, 0.6) is 0 Å². The summed E-state index contributed by atoms with van der Waals surface area (Å²) in [7, 11) is 0. The highest BCUT2D eigenvalue weighted by Gasteiger charge is 2.08. The average molecular weight is 241 g/mol. The maximum absolute atomic E-state index is 5.87. The number of hydrogen-bond acceptors (Lipinski definition) is 3. The summed E-state index contributed by atoms with van der Waals surface area (Å²) in [6.45, 7) is 5.09. The van der Waals surface area contributed by atoms with Gasteiger partial charge in [0, 0.05) is 17.9 Å². The summed E-state index contributed by atoms with van der Waals surface area (Å²) < 4.78 is 0. The van der Waals surface area contributed by atoms with Crippen LogP contribution in [-0.4, -0.2) is 6.54 Å². The molecule has 94 valence electrons. The van der Waals surface area contributed by atoms with Gasteiger partial charge in [0.1, 0.15) is 0 Å². The lowest BCUT2D eigenvalue weighted by molar-refractivity contribution is 1.02. The topological polar surface area (TPSA) is 55.3 Å². The first kappa shape index (κ1) is 12.3. The highest BCUT2D eigenvalue weighted by Crippen LogP contribution is 2.29. The summed E-state index contributed by atoms with van der Waals surface area (Å²) >= 11 is 0. The van der Waals surface area contributed by atoms with Crippen LogP contribution in [0, 0.1) is 6.92 Å². The molecule has 0 radical (unpaired) electrons. The van der Waals surface area contributed by atoms with E-state index in [1.165, 1.54) is 11.3 Å². The lowest BCUT2D eigenvalue weighted by atomic mass is 10.1. The number of rotatable bonds is 3. The smallest absolute Gasteiger partial charge is 0.0568 e. The van der Waals surface area contributed by atoms with E-state index in [1.54, 1.807) is 0 Å². The molecule has 0 heterocycles. The molecule has 0 bridgehead atoms. The fourth-order valence-corrected chi connectivity index (χ4v) is 2.04. The molecule has 2 rings (SSSR count). The first-order valence-corrected chi connectivity index (χ1v) is 6.11. The highest BCUT2D eigenvalue weighted by atomic mass is 15.1. The maximum Gasteiger partial charge on any atom is 0.0568 e. The van der Waals surface area contributed by atoms with Gasteiger partial charge in [-0.25, -0.2) is 0 Å². The summed E-state index contributed by atoms with van der Waals surface area (Å²) in [4.78, 5) is 2.21. The van der Waals surface area contributed by atoms with Crippen molar-refractivity contribution in [3.8, 4) is 0 Å². The minimum absolute atomic E-state index is 0.624. The minimum atomic E-state index is 0.624. The van der Waals surface area contributed by atoms with Gasteiger partial charge in [-0.05, 0) is 49.7 Å². The van der Waals surface area contributed by atoms with Crippen molar-refractivity contribution in [1.82, 2.24) is 0 Å². The third kappa shape index (κ3) is 2.40. The zero-order valence-electron chi connectivity index (χ0n) is 10.9. The van der Waals surface area contributed by atoms with Crippen LogP contribution in [0.1, 0.15) is 12.5 Å². The van der Waals surface area contributed by atoms with E-state index in [0.717, 1.165) is 12.2 Å². The second-order valence-corrected chi connectivity index (χ2v) is 4.40. The summed E-state index contributed by atoms with van der Waals surface area (Å²) in [5.41, 5.74) is 16.3. The molecule has 3 heteroatoms. The van der Waals surface area contributed by atoms with Crippen LogP contribution < -0.4 is 16.4 Å². The van der Waals surface area contributed by atoms with Gasteiger partial charge in [-0.3, -0.25) is 0 Å². The second-order valence-electron chi connectivity index (χ2n) is 4.40. The molecule has 0 unspecified atom stereocenters. The molecule has 0 aliphatic heterocycles. The first-order chi connectivity index (χ1) is 8.61. The average Bonchev–Trinajstić information content (AvgIpc) is 2.35. The molecule has 18 heavy (non-hydrogen) atoms. The Morgan fingerprint density at radius 2 is 1.67 bits per heavy atom. The Bertz CT molecular complexity index is 549. The summed E-state index contributed by atoms with van der Waals surface area (Å²) in [5, 5.41) is 0. The monoisotopic (exact) mass is 241 g/mol. The number of benzene rings is 2. The van der Waals surface area contributed by atoms with Crippen molar-refractivity contribution in [3.63, 3.8) is 0 Å². The van der Waals surface area contributed by atoms with Gasteiger partial charge in [-0.1, -0.05) is 12.1 Å². The standard InChI is InChI=1S/C15H19N3/c1-3-18(12-6-4-5-11(2)9-12)13-7-8-14(16)15(17)10-13/h4-10H,3,16-17H2,1-2H3. The second kappa shape index (κ2) is 5.00. The van der Waals surface area contributed by atoms with Crippen molar-refractivity contribution in [2.45, 2.75) is 13.8 Å². The minimum Gasteiger partial charge on any atom is -0.397 e. The molecule has 0 amide bonds. The summed E-state index contributed by atoms with van der Waals surface area (Å²) in [6.07, 6.45) is 0. The van der Waals surface area contributed by atoms with Crippen LogP contribution in [0.3, 0.4) is 0 Å². The van der Waals surface area contributed by atoms with Crippen LogP contribution in [-0.2, 0) is 0 Å². The van der Waals surface area contributed by atoms with Gasteiger partial charge < -0.3 is 16.4 Å². The Labute approximate surface area is 108 Å². The fraction of sp³-hybridized carbons (Fsp3) is 0.200. The van der Waals surface area contributed by atoms with Crippen molar-refractivity contribution in [2.75, 3.05) is 22.9 Å². The van der Waals surface area contributed by atoms with Crippen LogP contribution in [0.25, 0.3) is 0 Å². The largest absolute Gasteiger partial charge is 0.397 e. The van der Waals surface area contributed by atoms with Gasteiger partial charge in [-0.15, -0.1) is 0 Å². The van der Waals surface area contributed by atoms with E-state index >= 15 is 0 Å². The SMILES string of the molecule is CCN(c1cccc(C)c1)c1ccc(N)c(N)c1. The van der Waals surface area contributed by atoms with E-state index in [1.807, 2.05) is 18.2 Å². The van der Waals surface area contributed by atoms with Crippen molar-refractivity contribution >= 4 is 22.7 Å². The number of anilines is 4. The summed E-state index contributed by atoms with van der Waals surface area (Å²) in [6, 6.07) is 14.2. The summed E-state index contributed by atoms with van der Waals surface area (Å²) in [5.74, 6) is 0. The van der Waals surface area contributed by atoms with Crippen LogP contribution in [0.2, 0.25) is 0 Å². The Morgan fingerprint density at radius 3 is 2.28 bits per heavy atom. The Hall–Kier alpha value is -2.16. The lowest BCUT2D eigenvalue weighted by Gasteiger charge is -2.24. The molecule has 0 spiro atoms. The number of hydrogen-bond donors (Lipinski definition) is 2. The molecule has 0 atom stereocenters. The van der Waals surface area contributed by atoms with Crippen molar-refractivity contribution in [3.05, 3.63) is 48.0 Å². The Balaban J connectivity index is 2.42. The molecule has 4 N–H and O–H groups in total. The number of nitrogens with two attached hydrogens (primary N) is 2. The van der Waals surface area contributed by atoms with Crippen LogP contribution >= 0.6 is 0 Å². The van der Waals surface area contributed by atoms with Gasteiger partial charge >= 0.3 is 0 Å². The molecule has 0 saturated heterocycles. The van der Waals surface area contributed by atoms with Gasteiger partial charge in [0.05, 0.1) is 11.4 Å². The third-order valence-corrected chi connectivity index (χ3v) is 3.01.